The number of hydrogen-bond acceptors (Lipinski definition) is 11. The molecular formula is C29H31N9O4S. The van der Waals surface area contributed by atoms with Crippen molar-refractivity contribution in [3.63, 3.8) is 0 Å². The molecule has 0 fully saturated rings. The fourth-order valence-electron chi connectivity index (χ4n) is 4.42. The summed E-state index contributed by atoms with van der Waals surface area (Å²) < 4.78 is 43.2. The van der Waals surface area contributed by atoms with Crippen LogP contribution >= 0.6 is 0 Å². The van der Waals surface area contributed by atoms with Crippen molar-refractivity contribution in [2.45, 2.75) is 38.9 Å². The standard InChI is InChI=1S/C29H31N9O4S/c1-17-12-21(16-30-13-17)28-35-36-29(38(28)25-23(41-5)8-7-9-24(25)42-6)37-43(39,40)20(4)19(3)26-31-11-10-22(34-26)27-32-14-18(2)15-33-27/h7-16,19-20H,1-6H3,(H,36,37). The van der Waals surface area contributed by atoms with Gasteiger partial charge in [-0.25, -0.2) is 28.4 Å². The van der Waals surface area contributed by atoms with Crippen LogP contribution in [-0.2, 0) is 10.0 Å². The highest BCUT2D eigenvalue weighted by molar-refractivity contribution is 7.93. The van der Waals surface area contributed by atoms with Crippen LogP contribution in [0.25, 0.3) is 28.6 Å². The smallest absolute Gasteiger partial charge is 0.243 e. The lowest BCUT2D eigenvalue weighted by atomic mass is 10.1. The number of aryl methyl sites for hydroxylation is 2. The van der Waals surface area contributed by atoms with Gasteiger partial charge in [-0.1, -0.05) is 13.0 Å². The van der Waals surface area contributed by atoms with Gasteiger partial charge >= 0.3 is 0 Å². The quantitative estimate of drug-likeness (QED) is 0.245. The predicted octanol–water partition coefficient (Wildman–Crippen LogP) is 4.14. The summed E-state index contributed by atoms with van der Waals surface area (Å²) in [6.07, 6.45) is 8.29. The number of rotatable bonds is 10. The Morgan fingerprint density at radius 3 is 2.23 bits per heavy atom. The number of para-hydroxylation sites is 1. The molecule has 13 nitrogen and oxygen atoms in total. The second-order valence-electron chi connectivity index (χ2n) is 9.97. The zero-order valence-corrected chi connectivity index (χ0v) is 25.4. The Labute approximate surface area is 249 Å². The molecule has 0 aliphatic heterocycles. The second kappa shape index (κ2) is 12.1. The number of sulfonamides is 1. The average Bonchev–Trinajstić information content (AvgIpc) is 3.42. The summed E-state index contributed by atoms with van der Waals surface area (Å²) in [6, 6.07) is 8.80. The lowest BCUT2D eigenvalue weighted by molar-refractivity contribution is 0.391. The van der Waals surface area contributed by atoms with Gasteiger partial charge in [0, 0.05) is 42.5 Å². The number of pyridine rings is 1. The molecule has 43 heavy (non-hydrogen) atoms. The molecule has 0 saturated heterocycles. The maximum atomic E-state index is 13.9. The molecule has 2 unspecified atom stereocenters. The summed E-state index contributed by atoms with van der Waals surface area (Å²) in [5.41, 5.74) is 3.34. The van der Waals surface area contributed by atoms with E-state index in [4.69, 9.17) is 9.47 Å². The maximum absolute atomic E-state index is 13.9. The van der Waals surface area contributed by atoms with Gasteiger partial charge in [0.2, 0.25) is 16.0 Å². The van der Waals surface area contributed by atoms with Crippen molar-refractivity contribution in [2.24, 2.45) is 0 Å². The van der Waals surface area contributed by atoms with Gasteiger partial charge in [0.05, 0.1) is 19.5 Å². The number of aromatic nitrogens is 8. The van der Waals surface area contributed by atoms with Gasteiger partial charge in [-0.3, -0.25) is 14.3 Å². The van der Waals surface area contributed by atoms with E-state index in [9.17, 15) is 8.42 Å². The van der Waals surface area contributed by atoms with Crippen LogP contribution in [0.4, 0.5) is 5.95 Å². The normalized spacial score (nSPS) is 12.9. The molecule has 1 aromatic carbocycles. The number of benzene rings is 1. The fraction of sp³-hybridized carbons (Fsp3) is 0.276. The molecule has 14 heteroatoms. The zero-order valence-electron chi connectivity index (χ0n) is 24.5. The first-order valence-corrected chi connectivity index (χ1v) is 14.9. The van der Waals surface area contributed by atoms with E-state index in [0.29, 0.717) is 45.9 Å². The van der Waals surface area contributed by atoms with E-state index >= 15 is 0 Å². The molecule has 1 N–H and O–H groups in total. The number of anilines is 1. The van der Waals surface area contributed by atoms with Crippen molar-refractivity contribution in [3.05, 3.63) is 78.3 Å². The molecule has 2 atom stereocenters. The first-order valence-electron chi connectivity index (χ1n) is 13.3. The molecule has 0 aliphatic rings. The van der Waals surface area contributed by atoms with Crippen molar-refractivity contribution >= 4 is 16.0 Å². The number of hydrogen-bond donors (Lipinski definition) is 1. The van der Waals surface area contributed by atoms with Crippen LogP contribution in [0.2, 0.25) is 0 Å². The monoisotopic (exact) mass is 601 g/mol. The minimum atomic E-state index is -4.07. The van der Waals surface area contributed by atoms with Crippen LogP contribution in [0.3, 0.4) is 0 Å². The summed E-state index contributed by atoms with van der Waals surface area (Å²) in [7, 11) is -1.04. The summed E-state index contributed by atoms with van der Waals surface area (Å²) in [6.45, 7) is 7.12. The Bertz CT molecular complexity index is 1840. The van der Waals surface area contributed by atoms with E-state index in [1.807, 2.05) is 19.9 Å². The first kappa shape index (κ1) is 29.5. The van der Waals surface area contributed by atoms with Crippen LogP contribution < -0.4 is 14.2 Å². The molecule has 222 valence electrons. The Kier molecular flexibility index (Phi) is 8.30. The lowest BCUT2D eigenvalue weighted by Crippen LogP contribution is -2.31. The molecule has 0 aliphatic carbocycles. The van der Waals surface area contributed by atoms with E-state index in [-0.39, 0.29) is 5.95 Å². The van der Waals surface area contributed by atoms with Gasteiger partial charge in [0.25, 0.3) is 0 Å². The molecule has 4 aromatic heterocycles. The Hall–Kier alpha value is -4.98. The molecule has 0 bridgehead atoms. The molecule has 5 rings (SSSR count). The van der Waals surface area contributed by atoms with Crippen molar-refractivity contribution in [1.29, 1.82) is 0 Å². The number of nitrogens with one attached hydrogen (secondary N) is 1. The van der Waals surface area contributed by atoms with Crippen molar-refractivity contribution < 1.29 is 17.9 Å². The van der Waals surface area contributed by atoms with Gasteiger partial charge in [-0.05, 0) is 56.2 Å². The van der Waals surface area contributed by atoms with Gasteiger partial charge in [-0.2, -0.15) is 0 Å². The van der Waals surface area contributed by atoms with Gasteiger partial charge < -0.3 is 9.47 Å². The molecule has 4 heterocycles. The summed E-state index contributed by atoms with van der Waals surface area (Å²) in [5, 5.41) is 7.62. The third-order valence-electron chi connectivity index (χ3n) is 6.94. The van der Waals surface area contributed by atoms with Crippen LogP contribution in [0, 0.1) is 13.8 Å². The SMILES string of the molecule is COc1cccc(OC)c1-n1c(NS(=O)(=O)C(C)C(C)c2nccc(-c3ncc(C)cn3)n2)nnc1-c1cncc(C)c1. The van der Waals surface area contributed by atoms with Crippen molar-refractivity contribution in [3.8, 4) is 40.1 Å². The maximum Gasteiger partial charge on any atom is 0.243 e. The third-order valence-corrected chi connectivity index (χ3v) is 8.79. The van der Waals surface area contributed by atoms with Crippen molar-refractivity contribution in [1.82, 2.24) is 39.7 Å². The number of methoxy groups -OCH3 is 2. The van der Waals surface area contributed by atoms with E-state index in [1.54, 1.807) is 73.7 Å². The highest BCUT2D eigenvalue weighted by Crippen LogP contribution is 2.38. The molecule has 0 spiro atoms. The van der Waals surface area contributed by atoms with E-state index in [1.165, 1.54) is 14.2 Å². The topological polar surface area (TPSA) is 160 Å². The molecule has 0 radical (unpaired) electrons. The summed E-state index contributed by atoms with van der Waals surface area (Å²) in [5.74, 6) is 1.28. The van der Waals surface area contributed by atoms with E-state index in [2.05, 4.69) is 39.8 Å². The molecule has 0 amide bonds. The summed E-state index contributed by atoms with van der Waals surface area (Å²) in [4.78, 5) is 21.9. The Balaban J connectivity index is 1.54. The molecule has 0 saturated carbocycles. The fourth-order valence-corrected chi connectivity index (χ4v) is 5.65. The van der Waals surface area contributed by atoms with E-state index in [0.717, 1.165) is 11.1 Å². The molecule has 5 aromatic rings. The first-order chi connectivity index (χ1) is 20.6. The van der Waals surface area contributed by atoms with E-state index < -0.39 is 21.2 Å². The molecular weight excluding hydrogens is 570 g/mol. The van der Waals surface area contributed by atoms with Crippen LogP contribution in [0.1, 0.15) is 36.7 Å². The Morgan fingerprint density at radius 1 is 0.884 bits per heavy atom. The highest BCUT2D eigenvalue weighted by atomic mass is 32.2. The number of nitrogens with zero attached hydrogens (tertiary/aromatic N) is 8. The average molecular weight is 602 g/mol. The van der Waals surface area contributed by atoms with Gasteiger partial charge in [0.1, 0.15) is 28.7 Å². The van der Waals surface area contributed by atoms with Crippen molar-refractivity contribution in [2.75, 3.05) is 18.9 Å². The van der Waals surface area contributed by atoms with Gasteiger partial charge in [0.15, 0.2) is 11.6 Å². The van der Waals surface area contributed by atoms with Gasteiger partial charge in [-0.15, -0.1) is 10.2 Å². The zero-order chi connectivity index (χ0) is 30.7. The van der Waals surface area contributed by atoms with Crippen LogP contribution in [-0.4, -0.2) is 67.6 Å². The van der Waals surface area contributed by atoms with Crippen LogP contribution in [0.5, 0.6) is 11.5 Å². The highest BCUT2D eigenvalue weighted by Gasteiger charge is 2.32. The minimum absolute atomic E-state index is 0.0546. The van der Waals surface area contributed by atoms with Crippen LogP contribution in [0.15, 0.2) is 61.3 Å². The summed E-state index contributed by atoms with van der Waals surface area (Å²) >= 11 is 0. The lowest BCUT2D eigenvalue weighted by Gasteiger charge is -2.21. The predicted molar refractivity (Wildman–Crippen MR) is 161 cm³/mol. The Morgan fingerprint density at radius 2 is 1.58 bits per heavy atom. The second-order valence-corrected chi connectivity index (χ2v) is 12.0. The minimum Gasteiger partial charge on any atom is -0.494 e. The number of ether oxygens (including phenoxy) is 2. The largest absolute Gasteiger partial charge is 0.494 e. The third kappa shape index (κ3) is 6.00.